The molecule has 0 saturated heterocycles. The van der Waals surface area contributed by atoms with Crippen molar-refractivity contribution >= 4 is 50.7 Å². The van der Waals surface area contributed by atoms with E-state index in [-0.39, 0.29) is 29.7 Å². The van der Waals surface area contributed by atoms with Crippen LogP contribution in [0, 0.1) is 5.92 Å². The minimum absolute atomic E-state index is 0.0661. The highest BCUT2D eigenvalue weighted by Crippen LogP contribution is 2.30. The number of hydrogen-bond donors (Lipinski definition) is 3. The summed E-state index contributed by atoms with van der Waals surface area (Å²) in [7, 11) is 0. The number of amides is 3. The molecular weight excluding hydrogens is 442 g/mol. The van der Waals surface area contributed by atoms with E-state index in [1.54, 1.807) is 19.1 Å². The first-order valence-electron chi connectivity index (χ1n) is 9.11. The van der Waals surface area contributed by atoms with Crippen LogP contribution in [0.1, 0.15) is 48.0 Å². The van der Waals surface area contributed by atoms with Crippen LogP contribution in [-0.4, -0.2) is 23.8 Å². The van der Waals surface area contributed by atoms with E-state index in [1.807, 2.05) is 31.2 Å². The van der Waals surface area contributed by atoms with Crippen molar-refractivity contribution in [3.63, 3.8) is 0 Å². The second kappa shape index (κ2) is 8.87. The predicted octanol–water partition coefficient (Wildman–Crippen LogP) is 3.85. The van der Waals surface area contributed by atoms with Crippen molar-refractivity contribution in [3.05, 3.63) is 50.6 Å². The van der Waals surface area contributed by atoms with Gasteiger partial charge in [0.05, 0.1) is 14.7 Å². The van der Waals surface area contributed by atoms with E-state index in [4.69, 9.17) is 0 Å². The number of anilines is 1. The smallest absolute Gasteiger partial charge is 0.262 e. The standard InChI is InChI=1S/C20H22BrN3O3S/c1-11(13-5-7-15(8-6-13)24-19(26)14-3-4-14)22-18(25)12(2)23-20(27)16-9-10-17(21)28-16/h5-12,14H,3-4H2,1-2H3,(H,22,25)(H,23,27)(H,24,26). The summed E-state index contributed by atoms with van der Waals surface area (Å²) in [6.45, 7) is 3.53. The first-order chi connectivity index (χ1) is 13.3. The van der Waals surface area contributed by atoms with Crippen LogP contribution in [0.3, 0.4) is 0 Å². The minimum atomic E-state index is -0.659. The maximum Gasteiger partial charge on any atom is 0.262 e. The van der Waals surface area contributed by atoms with Crippen LogP contribution in [-0.2, 0) is 9.59 Å². The Morgan fingerprint density at radius 2 is 1.71 bits per heavy atom. The van der Waals surface area contributed by atoms with Gasteiger partial charge >= 0.3 is 0 Å². The molecule has 1 aromatic carbocycles. The van der Waals surface area contributed by atoms with Crippen LogP contribution < -0.4 is 16.0 Å². The highest BCUT2D eigenvalue weighted by atomic mass is 79.9. The normalized spacial score (nSPS) is 15.4. The van der Waals surface area contributed by atoms with E-state index in [0.29, 0.717) is 4.88 Å². The highest BCUT2D eigenvalue weighted by molar-refractivity contribution is 9.11. The Hall–Kier alpha value is -2.19. The van der Waals surface area contributed by atoms with Gasteiger partial charge in [0.15, 0.2) is 0 Å². The van der Waals surface area contributed by atoms with Crippen molar-refractivity contribution in [3.8, 4) is 0 Å². The quantitative estimate of drug-likeness (QED) is 0.582. The summed E-state index contributed by atoms with van der Waals surface area (Å²) in [6, 6.07) is 10.0. The van der Waals surface area contributed by atoms with Gasteiger partial charge in [0.1, 0.15) is 6.04 Å². The number of rotatable bonds is 7. The fourth-order valence-corrected chi connectivity index (χ4v) is 3.93. The third-order valence-electron chi connectivity index (χ3n) is 4.52. The molecule has 1 fully saturated rings. The van der Waals surface area contributed by atoms with Crippen molar-refractivity contribution in [1.29, 1.82) is 0 Å². The Kier molecular flexibility index (Phi) is 6.51. The molecule has 3 amide bonds. The SMILES string of the molecule is CC(NC(=O)c1ccc(Br)s1)C(=O)NC(C)c1ccc(NC(=O)C2CC2)cc1. The van der Waals surface area contributed by atoms with Crippen LogP contribution >= 0.6 is 27.3 Å². The van der Waals surface area contributed by atoms with Gasteiger partial charge in [0, 0.05) is 11.6 Å². The first kappa shape index (κ1) is 20.5. The molecule has 6 nitrogen and oxygen atoms in total. The second-order valence-electron chi connectivity index (χ2n) is 6.91. The summed E-state index contributed by atoms with van der Waals surface area (Å²) in [5, 5.41) is 8.50. The average molecular weight is 464 g/mol. The van der Waals surface area contributed by atoms with Gasteiger partial charge in [0.25, 0.3) is 5.91 Å². The molecule has 1 saturated carbocycles. The number of hydrogen-bond acceptors (Lipinski definition) is 4. The molecule has 0 spiro atoms. The van der Waals surface area contributed by atoms with Gasteiger partial charge in [-0.1, -0.05) is 12.1 Å². The largest absolute Gasteiger partial charge is 0.348 e. The predicted molar refractivity (Wildman–Crippen MR) is 113 cm³/mol. The zero-order valence-corrected chi connectivity index (χ0v) is 18.0. The highest BCUT2D eigenvalue weighted by Gasteiger charge is 2.29. The fraction of sp³-hybridized carbons (Fsp3) is 0.350. The average Bonchev–Trinajstić information content (AvgIpc) is 3.43. The van der Waals surface area contributed by atoms with Crippen LogP contribution in [0.2, 0.25) is 0 Å². The van der Waals surface area contributed by atoms with Gasteiger partial charge in [-0.05, 0) is 72.4 Å². The Morgan fingerprint density at radius 3 is 2.29 bits per heavy atom. The van der Waals surface area contributed by atoms with Crippen molar-refractivity contribution in [2.45, 2.75) is 38.8 Å². The maximum atomic E-state index is 12.4. The summed E-state index contributed by atoms with van der Waals surface area (Å²) >= 11 is 4.63. The van der Waals surface area contributed by atoms with E-state index < -0.39 is 6.04 Å². The summed E-state index contributed by atoms with van der Waals surface area (Å²) in [6.07, 6.45) is 1.93. The molecule has 0 bridgehead atoms. The number of thiophene rings is 1. The molecule has 1 heterocycles. The van der Waals surface area contributed by atoms with Gasteiger partial charge in [-0.15, -0.1) is 11.3 Å². The molecule has 28 heavy (non-hydrogen) atoms. The monoisotopic (exact) mass is 463 g/mol. The van der Waals surface area contributed by atoms with Gasteiger partial charge < -0.3 is 16.0 Å². The van der Waals surface area contributed by atoms with Crippen molar-refractivity contribution in [2.75, 3.05) is 5.32 Å². The molecule has 2 unspecified atom stereocenters. The lowest BCUT2D eigenvalue weighted by Gasteiger charge is -2.19. The zero-order valence-electron chi connectivity index (χ0n) is 15.6. The van der Waals surface area contributed by atoms with Crippen molar-refractivity contribution in [1.82, 2.24) is 10.6 Å². The molecule has 0 radical (unpaired) electrons. The van der Waals surface area contributed by atoms with Crippen LogP contribution in [0.4, 0.5) is 5.69 Å². The summed E-state index contributed by atoms with van der Waals surface area (Å²) in [5.41, 5.74) is 1.67. The summed E-state index contributed by atoms with van der Waals surface area (Å²) in [5.74, 6) is -0.314. The topological polar surface area (TPSA) is 87.3 Å². The van der Waals surface area contributed by atoms with E-state index in [2.05, 4.69) is 31.9 Å². The fourth-order valence-electron chi connectivity index (χ4n) is 2.64. The molecule has 2 atom stereocenters. The van der Waals surface area contributed by atoms with Gasteiger partial charge in [-0.2, -0.15) is 0 Å². The number of nitrogens with one attached hydrogen (secondary N) is 3. The van der Waals surface area contributed by atoms with Crippen molar-refractivity contribution in [2.24, 2.45) is 5.92 Å². The second-order valence-corrected chi connectivity index (χ2v) is 9.38. The van der Waals surface area contributed by atoms with Gasteiger partial charge in [0.2, 0.25) is 11.8 Å². The molecule has 0 aliphatic heterocycles. The lowest BCUT2D eigenvalue weighted by molar-refractivity contribution is -0.123. The zero-order chi connectivity index (χ0) is 20.3. The van der Waals surface area contributed by atoms with E-state index in [9.17, 15) is 14.4 Å². The number of halogens is 1. The van der Waals surface area contributed by atoms with Crippen LogP contribution in [0.15, 0.2) is 40.2 Å². The maximum absolute atomic E-state index is 12.4. The number of carbonyl (C=O) groups excluding carboxylic acids is 3. The lowest BCUT2D eigenvalue weighted by Crippen LogP contribution is -2.45. The molecule has 3 N–H and O–H groups in total. The molecule has 3 rings (SSSR count). The number of carbonyl (C=O) groups is 3. The van der Waals surface area contributed by atoms with E-state index in [0.717, 1.165) is 27.9 Å². The third-order valence-corrected chi connectivity index (χ3v) is 6.15. The van der Waals surface area contributed by atoms with Gasteiger partial charge in [-0.3, -0.25) is 14.4 Å². The molecule has 1 aliphatic carbocycles. The molecule has 148 valence electrons. The summed E-state index contributed by atoms with van der Waals surface area (Å²) < 4.78 is 0.861. The van der Waals surface area contributed by atoms with E-state index >= 15 is 0 Å². The van der Waals surface area contributed by atoms with Crippen LogP contribution in [0.25, 0.3) is 0 Å². The molecule has 1 aliphatic rings. The van der Waals surface area contributed by atoms with E-state index in [1.165, 1.54) is 11.3 Å². The minimum Gasteiger partial charge on any atom is -0.348 e. The van der Waals surface area contributed by atoms with Crippen molar-refractivity contribution < 1.29 is 14.4 Å². The Balaban J connectivity index is 1.51. The molecule has 1 aromatic heterocycles. The van der Waals surface area contributed by atoms with Crippen LogP contribution in [0.5, 0.6) is 0 Å². The Labute approximate surface area is 176 Å². The Bertz CT molecular complexity index is 877. The lowest BCUT2D eigenvalue weighted by atomic mass is 10.1. The molecular formula is C20H22BrN3O3S. The Morgan fingerprint density at radius 1 is 1.04 bits per heavy atom. The molecule has 8 heteroatoms. The van der Waals surface area contributed by atoms with Gasteiger partial charge in [-0.25, -0.2) is 0 Å². The first-order valence-corrected chi connectivity index (χ1v) is 10.7. The molecule has 2 aromatic rings. The third kappa shape index (κ3) is 5.42. The summed E-state index contributed by atoms with van der Waals surface area (Å²) in [4.78, 5) is 36.9. The number of benzene rings is 1.